The van der Waals surface area contributed by atoms with Gasteiger partial charge in [0.15, 0.2) is 0 Å². The van der Waals surface area contributed by atoms with E-state index >= 15 is 0 Å². The lowest BCUT2D eigenvalue weighted by molar-refractivity contribution is 0.0562. The number of nitrogens with one attached hydrogen (secondary N) is 2. The standard InChI is InChI=1S/C14H21N3O2/c1-19-11-4-2-3-10(7-11)16-14(18)12-8-15-17-13(12)9-5-6-9/h8-11H,2-7H2,1H3,(H,15,17)(H,16,18)/t10-,11-/m0/s1. The first kappa shape index (κ1) is 12.7. The van der Waals surface area contributed by atoms with Crippen molar-refractivity contribution in [3.63, 3.8) is 0 Å². The van der Waals surface area contributed by atoms with Crippen LogP contribution in [0.25, 0.3) is 0 Å². The minimum absolute atomic E-state index is 0.0115. The van der Waals surface area contributed by atoms with E-state index < -0.39 is 0 Å². The number of hydrogen-bond donors (Lipinski definition) is 2. The number of carbonyl (C=O) groups is 1. The molecule has 5 nitrogen and oxygen atoms in total. The molecule has 19 heavy (non-hydrogen) atoms. The van der Waals surface area contributed by atoms with Crippen LogP contribution in [0.3, 0.4) is 0 Å². The van der Waals surface area contributed by atoms with E-state index in [0.717, 1.165) is 49.8 Å². The smallest absolute Gasteiger partial charge is 0.254 e. The van der Waals surface area contributed by atoms with Crippen molar-refractivity contribution < 1.29 is 9.53 Å². The fraction of sp³-hybridized carbons (Fsp3) is 0.714. The van der Waals surface area contributed by atoms with Crippen LogP contribution in [0.4, 0.5) is 0 Å². The van der Waals surface area contributed by atoms with Crippen molar-refractivity contribution in [2.75, 3.05) is 7.11 Å². The molecule has 1 aromatic rings. The van der Waals surface area contributed by atoms with Gasteiger partial charge in [-0.15, -0.1) is 0 Å². The lowest BCUT2D eigenvalue weighted by Crippen LogP contribution is -2.40. The molecule has 1 amide bonds. The minimum atomic E-state index is 0.0115. The van der Waals surface area contributed by atoms with E-state index in [0.29, 0.717) is 5.92 Å². The van der Waals surface area contributed by atoms with Gasteiger partial charge in [-0.2, -0.15) is 5.10 Å². The fourth-order valence-corrected chi connectivity index (χ4v) is 2.91. The van der Waals surface area contributed by atoms with Crippen LogP contribution in [0.1, 0.15) is 60.5 Å². The van der Waals surface area contributed by atoms with E-state index in [9.17, 15) is 4.79 Å². The third-order valence-electron chi connectivity index (χ3n) is 4.19. The van der Waals surface area contributed by atoms with Gasteiger partial charge in [0.25, 0.3) is 5.91 Å². The predicted molar refractivity (Wildman–Crippen MR) is 71.1 cm³/mol. The second-order valence-corrected chi connectivity index (χ2v) is 5.67. The van der Waals surface area contributed by atoms with Crippen molar-refractivity contribution in [1.82, 2.24) is 15.5 Å². The molecule has 2 N–H and O–H groups in total. The Morgan fingerprint density at radius 3 is 3.00 bits per heavy atom. The molecule has 1 heterocycles. The Labute approximate surface area is 113 Å². The summed E-state index contributed by atoms with van der Waals surface area (Å²) in [7, 11) is 1.75. The zero-order chi connectivity index (χ0) is 13.2. The molecule has 2 aliphatic carbocycles. The molecule has 0 unspecified atom stereocenters. The maximum atomic E-state index is 12.3. The lowest BCUT2D eigenvalue weighted by Gasteiger charge is -2.28. The summed E-state index contributed by atoms with van der Waals surface area (Å²) in [6, 6.07) is 0.230. The third kappa shape index (κ3) is 2.81. The summed E-state index contributed by atoms with van der Waals surface area (Å²) in [5, 5.41) is 10.1. The molecule has 0 radical (unpaired) electrons. The van der Waals surface area contributed by atoms with E-state index in [-0.39, 0.29) is 18.1 Å². The highest BCUT2D eigenvalue weighted by atomic mass is 16.5. The molecular weight excluding hydrogens is 242 g/mol. The van der Waals surface area contributed by atoms with Gasteiger partial charge in [0.1, 0.15) is 0 Å². The molecule has 1 aromatic heterocycles. The SMILES string of the molecule is CO[C@H]1CCC[C@H](NC(=O)c2cn[nH]c2C2CC2)C1. The second kappa shape index (κ2) is 5.33. The average Bonchev–Trinajstić information content (AvgIpc) is 3.16. The predicted octanol–water partition coefficient (Wildman–Crippen LogP) is 1.97. The molecule has 0 saturated heterocycles. The maximum absolute atomic E-state index is 12.3. The zero-order valence-electron chi connectivity index (χ0n) is 11.3. The van der Waals surface area contributed by atoms with Crippen LogP contribution in [0, 0.1) is 0 Å². The summed E-state index contributed by atoms with van der Waals surface area (Å²) >= 11 is 0. The summed E-state index contributed by atoms with van der Waals surface area (Å²) in [6.45, 7) is 0. The van der Waals surface area contributed by atoms with E-state index in [1.165, 1.54) is 0 Å². The number of methoxy groups -OCH3 is 1. The Balaban J connectivity index is 1.62. The summed E-state index contributed by atoms with van der Waals surface area (Å²) in [4.78, 5) is 12.3. The van der Waals surface area contributed by atoms with Crippen molar-refractivity contribution in [2.24, 2.45) is 0 Å². The number of H-pyrrole nitrogens is 1. The number of aromatic amines is 1. The van der Waals surface area contributed by atoms with Crippen LogP contribution in [0.2, 0.25) is 0 Å². The van der Waals surface area contributed by atoms with Crippen molar-refractivity contribution >= 4 is 5.91 Å². The van der Waals surface area contributed by atoms with Crippen molar-refractivity contribution in [1.29, 1.82) is 0 Å². The molecule has 0 aromatic carbocycles. The van der Waals surface area contributed by atoms with E-state index in [1.807, 2.05) is 0 Å². The topological polar surface area (TPSA) is 67.0 Å². The van der Waals surface area contributed by atoms with Gasteiger partial charge in [0.05, 0.1) is 23.6 Å². The molecule has 2 fully saturated rings. The van der Waals surface area contributed by atoms with Crippen LogP contribution in [-0.4, -0.2) is 35.4 Å². The Bertz CT molecular complexity index is 453. The van der Waals surface area contributed by atoms with Gasteiger partial charge in [-0.1, -0.05) is 0 Å². The molecule has 0 bridgehead atoms. The van der Waals surface area contributed by atoms with Gasteiger partial charge >= 0.3 is 0 Å². The van der Waals surface area contributed by atoms with Crippen molar-refractivity contribution in [3.8, 4) is 0 Å². The van der Waals surface area contributed by atoms with Crippen LogP contribution in [-0.2, 0) is 4.74 Å². The van der Waals surface area contributed by atoms with Gasteiger partial charge in [0.2, 0.25) is 0 Å². The summed E-state index contributed by atoms with van der Waals surface area (Å²) in [6.07, 6.45) is 8.44. The number of amides is 1. The normalized spacial score (nSPS) is 27.2. The highest BCUT2D eigenvalue weighted by Gasteiger charge is 2.31. The first-order valence-corrected chi connectivity index (χ1v) is 7.15. The molecule has 3 rings (SSSR count). The number of aromatic nitrogens is 2. The first-order valence-electron chi connectivity index (χ1n) is 7.15. The quantitative estimate of drug-likeness (QED) is 0.872. The number of ether oxygens (including phenoxy) is 1. The molecular formula is C14H21N3O2. The average molecular weight is 263 g/mol. The number of carbonyl (C=O) groups excluding carboxylic acids is 1. The first-order chi connectivity index (χ1) is 9.28. The molecule has 5 heteroatoms. The van der Waals surface area contributed by atoms with Crippen molar-refractivity contribution in [3.05, 3.63) is 17.5 Å². The third-order valence-corrected chi connectivity index (χ3v) is 4.19. The Hall–Kier alpha value is -1.36. The van der Waals surface area contributed by atoms with Gasteiger partial charge in [0, 0.05) is 19.1 Å². The monoisotopic (exact) mass is 263 g/mol. The summed E-state index contributed by atoms with van der Waals surface area (Å²) < 4.78 is 5.40. The molecule has 2 saturated carbocycles. The molecule has 104 valence electrons. The zero-order valence-corrected chi connectivity index (χ0v) is 11.3. The maximum Gasteiger partial charge on any atom is 0.254 e. The Morgan fingerprint density at radius 1 is 1.42 bits per heavy atom. The van der Waals surface area contributed by atoms with Crippen molar-refractivity contribution in [2.45, 2.75) is 56.6 Å². The molecule has 0 aliphatic heterocycles. The highest BCUT2D eigenvalue weighted by molar-refractivity contribution is 5.95. The number of nitrogens with zero attached hydrogens (tertiary/aromatic N) is 1. The van der Waals surface area contributed by atoms with Crippen LogP contribution in [0.5, 0.6) is 0 Å². The van der Waals surface area contributed by atoms with E-state index in [2.05, 4.69) is 15.5 Å². The largest absolute Gasteiger partial charge is 0.381 e. The van der Waals surface area contributed by atoms with Crippen LogP contribution < -0.4 is 5.32 Å². The van der Waals surface area contributed by atoms with Gasteiger partial charge in [-0.3, -0.25) is 9.89 Å². The highest BCUT2D eigenvalue weighted by Crippen LogP contribution is 2.40. The second-order valence-electron chi connectivity index (χ2n) is 5.67. The van der Waals surface area contributed by atoms with Crippen LogP contribution >= 0.6 is 0 Å². The van der Waals surface area contributed by atoms with Gasteiger partial charge in [-0.05, 0) is 38.5 Å². The molecule has 2 atom stereocenters. The molecule has 0 spiro atoms. The Kier molecular flexibility index (Phi) is 3.55. The number of hydrogen-bond acceptors (Lipinski definition) is 3. The Morgan fingerprint density at radius 2 is 2.26 bits per heavy atom. The van der Waals surface area contributed by atoms with E-state index in [4.69, 9.17) is 4.74 Å². The van der Waals surface area contributed by atoms with Crippen LogP contribution in [0.15, 0.2) is 6.20 Å². The lowest BCUT2D eigenvalue weighted by atomic mass is 9.92. The van der Waals surface area contributed by atoms with Gasteiger partial charge < -0.3 is 10.1 Å². The fourth-order valence-electron chi connectivity index (χ4n) is 2.91. The molecule has 2 aliphatic rings. The van der Waals surface area contributed by atoms with Gasteiger partial charge in [-0.25, -0.2) is 0 Å². The summed E-state index contributed by atoms with van der Waals surface area (Å²) in [5.74, 6) is 0.527. The number of rotatable bonds is 4. The summed E-state index contributed by atoms with van der Waals surface area (Å²) in [5.41, 5.74) is 1.73. The minimum Gasteiger partial charge on any atom is -0.381 e. The van der Waals surface area contributed by atoms with E-state index in [1.54, 1.807) is 13.3 Å².